The van der Waals surface area contributed by atoms with Gasteiger partial charge in [-0.05, 0) is 58.0 Å². The van der Waals surface area contributed by atoms with Gasteiger partial charge in [-0.15, -0.1) is 0 Å². The summed E-state index contributed by atoms with van der Waals surface area (Å²) in [6.45, 7) is 5.56. The zero-order valence-corrected chi connectivity index (χ0v) is 12.4. The van der Waals surface area contributed by atoms with Crippen molar-refractivity contribution in [2.75, 3.05) is 33.2 Å². The minimum atomic E-state index is -0.0789. The number of likely N-dealkylation sites (N-methyl/N-ethyl adjacent to an activating group) is 1. The summed E-state index contributed by atoms with van der Waals surface area (Å²) in [5.74, 6) is 1.54. The molecule has 2 rings (SSSR count). The molecule has 1 amide bonds. The fraction of sp³-hybridized carbons (Fsp3) is 0.667. The predicted molar refractivity (Wildman–Crippen MR) is 78.4 cm³/mol. The fourth-order valence-corrected chi connectivity index (χ4v) is 2.71. The number of hydrogen-bond acceptors (Lipinski definition) is 4. The molecule has 1 saturated heterocycles. The van der Waals surface area contributed by atoms with Crippen molar-refractivity contribution >= 4 is 5.91 Å². The number of furan rings is 1. The van der Waals surface area contributed by atoms with Gasteiger partial charge >= 0.3 is 0 Å². The van der Waals surface area contributed by atoms with Crippen LogP contribution in [0.5, 0.6) is 0 Å². The van der Waals surface area contributed by atoms with Gasteiger partial charge in [0.05, 0.1) is 18.8 Å². The third kappa shape index (κ3) is 4.65. The number of carbonyl (C=O) groups excluding carboxylic acids is 1. The molecule has 1 aliphatic heterocycles. The largest absolute Gasteiger partial charge is 0.467 e. The predicted octanol–water partition coefficient (Wildman–Crippen LogP) is 1.39. The number of nitrogens with one attached hydrogen (secondary N) is 2. The van der Waals surface area contributed by atoms with Gasteiger partial charge in [0.25, 0.3) is 0 Å². The number of rotatable bonds is 6. The molecule has 20 heavy (non-hydrogen) atoms. The maximum atomic E-state index is 12.0. The lowest BCUT2D eigenvalue weighted by atomic mass is 9.98. The van der Waals surface area contributed by atoms with Crippen LogP contribution in [-0.2, 0) is 4.79 Å². The van der Waals surface area contributed by atoms with Crippen LogP contribution in [0.15, 0.2) is 22.8 Å². The van der Waals surface area contributed by atoms with Crippen molar-refractivity contribution in [1.82, 2.24) is 15.5 Å². The molecule has 1 aromatic heterocycles. The fourth-order valence-electron chi connectivity index (χ4n) is 2.71. The van der Waals surface area contributed by atoms with Crippen LogP contribution in [0.25, 0.3) is 0 Å². The SMILES string of the molecule is CC(NC(=O)CN(C)CC1CCNCC1)c1ccco1. The van der Waals surface area contributed by atoms with Crippen molar-refractivity contribution < 1.29 is 9.21 Å². The van der Waals surface area contributed by atoms with Gasteiger partial charge in [0.1, 0.15) is 5.76 Å². The average molecular weight is 279 g/mol. The minimum Gasteiger partial charge on any atom is -0.467 e. The van der Waals surface area contributed by atoms with Gasteiger partial charge in [-0.25, -0.2) is 0 Å². The van der Waals surface area contributed by atoms with Crippen molar-refractivity contribution in [3.05, 3.63) is 24.2 Å². The summed E-state index contributed by atoms with van der Waals surface area (Å²) < 4.78 is 5.29. The summed E-state index contributed by atoms with van der Waals surface area (Å²) in [4.78, 5) is 14.1. The molecule has 2 heterocycles. The van der Waals surface area contributed by atoms with E-state index in [-0.39, 0.29) is 11.9 Å². The van der Waals surface area contributed by atoms with Crippen LogP contribution in [-0.4, -0.2) is 44.0 Å². The zero-order chi connectivity index (χ0) is 14.4. The lowest BCUT2D eigenvalue weighted by Crippen LogP contribution is -2.40. The smallest absolute Gasteiger partial charge is 0.234 e. The molecule has 0 radical (unpaired) electrons. The average Bonchev–Trinajstić information content (AvgIpc) is 2.93. The van der Waals surface area contributed by atoms with Crippen molar-refractivity contribution in [2.24, 2.45) is 5.92 Å². The Hall–Kier alpha value is -1.33. The molecular weight excluding hydrogens is 254 g/mol. The molecule has 1 atom stereocenters. The Bertz CT molecular complexity index is 399. The van der Waals surface area contributed by atoms with Crippen LogP contribution < -0.4 is 10.6 Å². The van der Waals surface area contributed by atoms with Crippen LogP contribution in [0.3, 0.4) is 0 Å². The highest BCUT2D eigenvalue weighted by molar-refractivity contribution is 5.78. The van der Waals surface area contributed by atoms with Gasteiger partial charge in [0.2, 0.25) is 5.91 Å². The summed E-state index contributed by atoms with van der Waals surface area (Å²) >= 11 is 0. The van der Waals surface area contributed by atoms with Gasteiger partial charge in [-0.1, -0.05) is 0 Å². The Morgan fingerprint density at radius 2 is 2.30 bits per heavy atom. The Labute approximate surface area is 120 Å². The molecule has 0 bridgehead atoms. The van der Waals surface area contributed by atoms with Crippen LogP contribution in [0.1, 0.15) is 31.6 Å². The quantitative estimate of drug-likeness (QED) is 0.826. The molecule has 2 N–H and O–H groups in total. The van der Waals surface area contributed by atoms with Gasteiger partial charge in [0, 0.05) is 6.54 Å². The summed E-state index contributed by atoms with van der Waals surface area (Å²) in [7, 11) is 2.01. The highest BCUT2D eigenvalue weighted by Crippen LogP contribution is 2.13. The van der Waals surface area contributed by atoms with Crippen LogP contribution in [0.2, 0.25) is 0 Å². The first-order valence-electron chi connectivity index (χ1n) is 7.37. The zero-order valence-electron chi connectivity index (χ0n) is 12.4. The van der Waals surface area contributed by atoms with E-state index in [9.17, 15) is 4.79 Å². The van der Waals surface area contributed by atoms with Crippen LogP contribution >= 0.6 is 0 Å². The molecule has 1 fully saturated rings. The Balaban J connectivity index is 1.70. The monoisotopic (exact) mass is 279 g/mol. The first-order chi connectivity index (χ1) is 9.65. The van der Waals surface area contributed by atoms with E-state index in [0.29, 0.717) is 12.5 Å². The van der Waals surface area contributed by atoms with Crippen molar-refractivity contribution in [2.45, 2.75) is 25.8 Å². The van der Waals surface area contributed by atoms with E-state index < -0.39 is 0 Å². The molecule has 112 valence electrons. The number of piperidine rings is 1. The third-order valence-electron chi connectivity index (χ3n) is 3.79. The Morgan fingerprint density at radius 1 is 1.55 bits per heavy atom. The molecule has 0 saturated carbocycles. The maximum Gasteiger partial charge on any atom is 0.234 e. The molecule has 5 heteroatoms. The number of carbonyl (C=O) groups is 1. The van der Waals surface area contributed by atoms with E-state index in [1.165, 1.54) is 12.8 Å². The van der Waals surface area contributed by atoms with Crippen molar-refractivity contribution in [3.8, 4) is 0 Å². The van der Waals surface area contributed by atoms with Gasteiger partial charge in [-0.3, -0.25) is 9.69 Å². The van der Waals surface area contributed by atoms with Gasteiger partial charge in [-0.2, -0.15) is 0 Å². The van der Waals surface area contributed by atoms with E-state index in [0.717, 1.165) is 25.4 Å². The second-order valence-corrected chi connectivity index (χ2v) is 5.69. The van der Waals surface area contributed by atoms with Crippen molar-refractivity contribution in [1.29, 1.82) is 0 Å². The summed E-state index contributed by atoms with van der Waals surface area (Å²) in [5.41, 5.74) is 0. The van der Waals surface area contributed by atoms with Crippen molar-refractivity contribution in [3.63, 3.8) is 0 Å². The number of hydrogen-bond donors (Lipinski definition) is 2. The Morgan fingerprint density at radius 3 is 2.95 bits per heavy atom. The normalized spacial score (nSPS) is 18.1. The highest BCUT2D eigenvalue weighted by atomic mass is 16.3. The van der Waals surface area contributed by atoms with E-state index in [2.05, 4.69) is 15.5 Å². The van der Waals surface area contributed by atoms with E-state index in [1.807, 2.05) is 26.1 Å². The minimum absolute atomic E-state index is 0.0466. The maximum absolute atomic E-state index is 12.0. The third-order valence-corrected chi connectivity index (χ3v) is 3.79. The molecule has 1 unspecified atom stereocenters. The highest BCUT2D eigenvalue weighted by Gasteiger charge is 2.17. The molecule has 0 aromatic carbocycles. The lowest BCUT2D eigenvalue weighted by molar-refractivity contribution is -0.122. The standard InChI is InChI=1S/C15H25N3O2/c1-12(14-4-3-9-20-14)17-15(19)11-18(2)10-13-5-7-16-8-6-13/h3-4,9,12-13,16H,5-8,10-11H2,1-2H3,(H,17,19). The molecule has 1 aliphatic rings. The number of nitrogens with zero attached hydrogens (tertiary/aromatic N) is 1. The molecule has 1 aromatic rings. The van der Waals surface area contributed by atoms with E-state index in [1.54, 1.807) is 6.26 Å². The first kappa shape index (κ1) is 15.1. The van der Waals surface area contributed by atoms with Crippen LogP contribution in [0.4, 0.5) is 0 Å². The molecule has 5 nitrogen and oxygen atoms in total. The van der Waals surface area contributed by atoms with Gasteiger partial charge < -0.3 is 15.1 Å². The second kappa shape index (κ2) is 7.45. The van der Waals surface area contributed by atoms with E-state index >= 15 is 0 Å². The summed E-state index contributed by atoms with van der Waals surface area (Å²) in [5, 5.41) is 6.33. The second-order valence-electron chi connectivity index (χ2n) is 5.69. The van der Waals surface area contributed by atoms with E-state index in [4.69, 9.17) is 4.42 Å². The number of amides is 1. The summed E-state index contributed by atoms with van der Waals surface area (Å²) in [6, 6.07) is 3.63. The topological polar surface area (TPSA) is 57.5 Å². The molecule has 0 aliphatic carbocycles. The molecular formula is C15H25N3O2. The van der Waals surface area contributed by atoms with Crippen LogP contribution in [0, 0.1) is 5.92 Å². The first-order valence-corrected chi connectivity index (χ1v) is 7.37. The van der Waals surface area contributed by atoms with Gasteiger partial charge in [0.15, 0.2) is 0 Å². The lowest BCUT2D eigenvalue weighted by Gasteiger charge is -2.27. The Kier molecular flexibility index (Phi) is 5.61. The summed E-state index contributed by atoms with van der Waals surface area (Å²) in [6.07, 6.45) is 4.03. The molecule has 0 spiro atoms.